The highest BCUT2D eigenvalue weighted by atomic mass is 15.1. The maximum absolute atomic E-state index is 4.55. The molecule has 0 aromatic carbocycles. The Balaban J connectivity index is 1.95. The average molecular weight is 249 g/mol. The minimum Gasteiger partial charge on any atom is -0.335 e. The smallest absolute Gasteiger partial charge is 0.110 e. The van der Waals surface area contributed by atoms with Crippen molar-refractivity contribution in [2.45, 2.75) is 65.0 Å². The number of nitrogens with one attached hydrogen (secondary N) is 1. The number of hydrogen-bond acceptors (Lipinski definition) is 2. The van der Waals surface area contributed by atoms with Gasteiger partial charge >= 0.3 is 0 Å². The summed E-state index contributed by atoms with van der Waals surface area (Å²) in [5, 5.41) is 3.73. The van der Waals surface area contributed by atoms with Crippen LogP contribution in [-0.2, 0) is 13.0 Å². The van der Waals surface area contributed by atoms with Crippen LogP contribution in [0.4, 0.5) is 0 Å². The van der Waals surface area contributed by atoms with E-state index in [-0.39, 0.29) is 0 Å². The van der Waals surface area contributed by atoms with E-state index in [0.717, 1.165) is 25.4 Å². The zero-order valence-electron chi connectivity index (χ0n) is 11.9. The molecule has 0 aliphatic heterocycles. The average Bonchev–Trinajstić information content (AvgIpc) is 2.72. The summed E-state index contributed by atoms with van der Waals surface area (Å²) < 4.78 is 2.32. The van der Waals surface area contributed by atoms with Crippen molar-refractivity contribution in [1.82, 2.24) is 14.9 Å². The lowest BCUT2D eigenvalue weighted by molar-refractivity contribution is 0.224. The van der Waals surface area contributed by atoms with Gasteiger partial charge in [-0.15, -0.1) is 0 Å². The van der Waals surface area contributed by atoms with Gasteiger partial charge in [-0.3, -0.25) is 0 Å². The quantitative estimate of drug-likeness (QED) is 0.767. The van der Waals surface area contributed by atoms with E-state index >= 15 is 0 Å². The molecule has 2 rings (SSSR count). The third-order valence-corrected chi connectivity index (χ3v) is 4.04. The number of hydrogen-bond donors (Lipinski definition) is 1. The molecule has 0 bridgehead atoms. The minimum absolute atomic E-state index is 0.636. The molecule has 1 aromatic rings. The van der Waals surface area contributed by atoms with Crippen LogP contribution in [0.2, 0.25) is 0 Å². The first kappa shape index (κ1) is 13.6. The van der Waals surface area contributed by atoms with Crippen molar-refractivity contribution < 1.29 is 0 Å². The molecule has 0 amide bonds. The van der Waals surface area contributed by atoms with Crippen LogP contribution in [0.3, 0.4) is 0 Å². The molecule has 3 nitrogen and oxygen atoms in total. The molecule has 1 saturated carbocycles. The molecule has 3 heteroatoms. The molecule has 0 radical (unpaired) electrons. The Labute approximate surface area is 111 Å². The second kappa shape index (κ2) is 6.93. The topological polar surface area (TPSA) is 29.9 Å². The first-order chi connectivity index (χ1) is 8.85. The molecule has 1 unspecified atom stereocenters. The van der Waals surface area contributed by atoms with Crippen molar-refractivity contribution in [2.75, 3.05) is 6.54 Å². The standard InChI is InChI=1S/C15H27N3/c1-3-8-16-14(13-6-5-7-13)12-15-17-9-11-18(15)10-4-2/h9,11,13-14,16H,3-8,10,12H2,1-2H3. The van der Waals surface area contributed by atoms with Crippen molar-refractivity contribution in [3.63, 3.8) is 0 Å². The van der Waals surface area contributed by atoms with Crippen molar-refractivity contribution >= 4 is 0 Å². The molecule has 0 spiro atoms. The van der Waals surface area contributed by atoms with Crippen LogP contribution in [0.5, 0.6) is 0 Å². The van der Waals surface area contributed by atoms with Crippen LogP contribution >= 0.6 is 0 Å². The zero-order chi connectivity index (χ0) is 12.8. The molecule has 1 aliphatic carbocycles. The summed E-state index contributed by atoms with van der Waals surface area (Å²) in [6, 6.07) is 0.636. The van der Waals surface area contributed by atoms with Gasteiger partial charge in [0.05, 0.1) is 0 Å². The van der Waals surface area contributed by atoms with Gasteiger partial charge in [-0.2, -0.15) is 0 Å². The molecular weight excluding hydrogens is 222 g/mol. The molecule has 1 N–H and O–H groups in total. The maximum atomic E-state index is 4.55. The lowest BCUT2D eigenvalue weighted by Crippen LogP contribution is -2.42. The van der Waals surface area contributed by atoms with Crippen LogP contribution in [0.15, 0.2) is 12.4 Å². The highest BCUT2D eigenvalue weighted by Crippen LogP contribution is 2.31. The van der Waals surface area contributed by atoms with Crippen LogP contribution in [0.25, 0.3) is 0 Å². The van der Waals surface area contributed by atoms with Crippen molar-refractivity contribution in [3.05, 3.63) is 18.2 Å². The second-order valence-corrected chi connectivity index (χ2v) is 5.49. The summed E-state index contributed by atoms with van der Waals surface area (Å²) in [5.74, 6) is 2.14. The summed E-state index contributed by atoms with van der Waals surface area (Å²) in [6.45, 7) is 6.70. The lowest BCUT2D eigenvalue weighted by atomic mass is 9.78. The largest absolute Gasteiger partial charge is 0.335 e. The molecule has 1 atom stereocenters. The number of rotatable bonds is 8. The van der Waals surface area contributed by atoms with E-state index in [1.807, 2.05) is 6.20 Å². The second-order valence-electron chi connectivity index (χ2n) is 5.49. The normalized spacial score (nSPS) is 17.7. The molecule has 18 heavy (non-hydrogen) atoms. The minimum atomic E-state index is 0.636. The van der Waals surface area contributed by atoms with Gasteiger partial charge in [-0.1, -0.05) is 20.3 Å². The molecule has 0 saturated heterocycles. The summed E-state index contributed by atoms with van der Waals surface area (Å²) in [4.78, 5) is 4.55. The van der Waals surface area contributed by atoms with Crippen molar-refractivity contribution in [3.8, 4) is 0 Å². The number of imidazole rings is 1. The summed E-state index contributed by atoms with van der Waals surface area (Å²) in [6.07, 6.45) is 11.8. The fourth-order valence-corrected chi connectivity index (χ4v) is 2.75. The highest BCUT2D eigenvalue weighted by Gasteiger charge is 2.27. The van der Waals surface area contributed by atoms with Gasteiger partial charge in [0.2, 0.25) is 0 Å². The third-order valence-electron chi connectivity index (χ3n) is 4.04. The number of aryl methyl sites for hydroxylation is 1. The fraction of sp³-hybridized carbons (Fsp3) is 0.800. The Hall–Kier alpha value is -0.830. The highest BCUT2D eigenvalue weighted by molar-refractivity contribution is 4.98. The zero-order valence-corrected chi connectivity index (χ0v) is 11.9. The van der Waals surface area contributed by atoms with E-state index in [1.54, 1.807) is 0 Å². The molecule has 102 valence electrons. The van der Waals surface area contributed by atoms with Gasteiger partial charge in [-0.05, 0) is 38.1 Å². The molecule has 1 heterocycles. The summed E-state index contributed by atoms with van der Waals surface area (Å²) >= 11 is 0. The predicted octanol–water partition coefficient (Wildman–Crippen LogP) is 3.00. The van der Waals surface area contributed by atoms with Crippen molar-refractivity contribution in [2.24, 2.45) is 5.92 Å². The van der Waals surface area contributed by atoms with Gasteiger partial charge in [0.1, 0.15) is 5.82 Å². The van der Waals surface area contributed by atoms with E-state index in [2.05, 4.69) is 34.9 Å². The van der Waals surface area contributed by atoms with Gasteiger partial charge in [0, 0.05) is 31.4 Å². The van der Waals surface area contributed by atoms with Crippen LogP contribution in [-0.4, -0.2) is 22.1 Å². The van der Waals surface area contributed by atoms with E-state index in [4.69, 9.17) is 0 Å². The van der Waals surface area contributed by atoms with Crippen LogP contribution in [0.1, 0.15) is 51.8 Å². The fourth-order valence-electron chi connectivity index (χ4n) is 2.75. The van der Waals surface area contributed by atoms with E-state index in [0.29, 0.717) is 6.04 Å². The van der Waals surface area contributed by atoms with Crippen LogP contribution < -0.4 is 5.32 Å². The Morgan fingerprint density at radius 1 is 1.39 bits per heavy atom. The van der Waals surface area contributed by atoms with E-state index in [1.165, 1.54) is 37.9 Å². The van der Waals surface area contributed by atoms with Gasteiger partial charge in [0.15, 0.2) is 0 Å². The van der Waals surface area contributed by atoms with E-state index in [9.17, 15) is 0 Å². The molecular formula is C15H27N3. The Morgan fingerprint density at radius 3 is 2.83 bits per heavy atom. The molecule has 1 aromatic heterocycles. The lowest BCUT2D eigenvalue weighted by Gasteiger charge is -2.34. The summed E-state index contributed by atoms with van der Waals surface area (Å²) in [5.41, 5.74) is 0. The number of aromatic nitrogens is 2. The monoisotopic (exact) mass is 249 g/mol. The van der Waals surface area contributed by atoms with Crippen LogP contribution in [0, 0.1) is 5.92 Å². The van der Waals surface area contributed by atoms with E-state index < -0.39 is 0 Å². The predicted molar refractivity (Wildman–Crippen MR) is 75.6 cm³/mol. The van der Waals surface area contributed by atoms with Gasteiger partial charge in [-0.25, -0.2) is 4.98 Å². The van der Waals surface area contributed by atoms with Gasteiger partial charge in [0.25, 0.3) is 0 Å². The van der Waals surface area contributed by atoms with Gasteiger partial charge < -0.3 is 9.88 Å². The molecule has 1 fully saturated rings. The Bertz CT molecular complexity index is 341. The Morgan fingerprint density at radius 2 is 2.22 bits per heavy atom. The Kier molecular flexibility index (Phi) is 5.24. The first-order valence-corrected chi connectivity index (χ1v) is 7.58. The third kappa shape index (κ3) is 3.35. The first-order valence-electron chi connectivity index (χ1n) is 7.58. The maximum Gasteiger partial charge on any atom is 0.110 e. The van der Waals surface area contributed by atoms with Crippen molar-refractivity contribution in [1.29, 1.82) is 0 Å². The SMILES string of the molecule is CCCNC(Cc1nccn1CCC)C1CCC1. The number of nitrogens with zero attached hydrogens (tertiary/aromatic N) is 2. The molecule has 1 aliphatic rings. The summed E-state index contributed by atoms with van der Waals surface area (Å²) in [7, 11) is 0.